The van der Waals surface area contributed by atoms with Crippen molar-refractivity contribution >= 4 is 22.7 Å². The van der Waals surface area contributed by atoms with Crippen LogP contribution >= 0.6 is 0 Å². The molecule has 0 unspecified atom stereocenters. The standard InChI is InChI=1S/C20H18N6O3/c27-18(10-11-25-16-6-1-2-7-17(16)29-20(25)28)21-14-5-3-4-13(12-14)19-22-23-24-26(19)15-8-9-15/h1-7,12,15H,8-11H2,(H,21,27). The van der Waals surface area contributed by atoms with Gasteiger partial charge < -0.3 is 9.73 Å². The molecule has 0 spiro atoms. The number of para-hydroxylation sites is 2. The molecule has 2 aromatic carbocycles. The maximum atomic E-state index is 12.4. The number of anilines is 1. The first-order chi connectivity index (χ1) is 14.2. The number of nitrogens with one attached hydrogen (secondary N) is 1. The number of hydrogen-bond donors (Lipinski definition) is 1. The summed E-state index contributed by atoms with van der Waals surface area (Å²) < 4.78 is 8.49. The molecule has 0 bridgehead atoms. The van der Waals surface area contributed by atoms with Crippen LogP contribution in [0.5, 0.6) is 0 Å². The highest BCUT2D eigenvalue weighted by Crippen LogP contribution is 2.36. The second-order valence-electron chi connectivity index (χ2n) is 7.04. The van der Waals surface area contributed by atoms with E-state index in [9.17, 15) is 9.59 Å². The molecular formula is C20H18N6O3. The van der Waals surface area contributed by atoms with Crippen molar-refractivity contribution in [2.24, 2.45) is 0 Å². The van der Waals surface area contributed by atoms with Gasteiger partial charge in [0.25, 0.3) is 0 Å². The van der Waals surface area contributed by atoms with Crippen LogP contribution in [-0.4, -0.2) is 30.7 Å². The average Bonchev–Trinajstić information content (AvgIpc) is 3.35. The fourth-order valence-corrected chi connectivity index (χ4v) is 3.35. The third-order valence-electron chi connectivity index (χ3n) is 4.93. The molecular weight excluding hydrogens is 372 g/mol. The Kier molecular flexibility index (Phi) is 4.19. The Morgan fingerprint density at radius 2 is 2.03 bits per heavy atom. The van der Waals surface area contributed by atoms with Gasteiger partial charge in [-0.25, -0.2) is 9.48 Å². The number of aryl methyl sites for hydroxylation is 1. The molecule has 1 aliphatic carbocycles. The number of aromatic nitrogens is 5. The largest absolute Gasteiger partial charge is 0.419 e. The van der Waals surface area contributed by atoms with Gasteiger partial charge in [-0.1, -0.05) is 24.3 Å². The lowest BCUT2D eigenvalue weighted by Gasteiger charge is -2.08. The van der Waals surface area contributed by atoms with Gasteiger partial charge >= 0.3 is 5.76 Å². The van der Waals surface area contributed by atoms with Gasteiger partial charge in [0.1, 0.15) is 0 Å². The lowest BCUT2D eigenvalue weighted by molar-refractivity contribution is -0.116. The summed E-state index contributed by atoms with van der Waals surface area (Å²) in [6, 6.07) is 14.9. The Balaban J connectivity index is 1.29. The number of benzene rings is 2. The minimum Gasteiger partial charge on any atom is -0.408 e. The van der Waals surface area contributed by atoms with E-state index in [1.54, 1.807) is 18.2 Å². The summed E-state index contributed by atoms with van der Waals surface area (Å²) in [5.41, 5.74) is 2.69. The van der Waals surface area contributed by atoms with Crippen LogP contribution in [0.15, 0.2) is 57.7 Å². The van der Waals surface area contributed by atoms with Crippen LogP contribution in [0.1, 0.15) is 25.3 Å². The maximum absolute atomic E-state index is 12.4. The number of rotatable bonds is 6. The van der Waals surface area contributed by atoms with Crippen LogP contribution in [0.3, 0.4) is 0 Å². The van der Waals surface area contributed by atoms with Crippen LogP contribution in [-0.2, 0) is 11.3 Å². The van der Waals surface area contributed by atoms with Gasteiger partial charge in [-0.15, -0.1) is 5.10 Å². The normalized spacial score (nSPS) is 13.7. The van der Waals surface area contributed by atoms with E-state index in [4.69, 9.17) is 4.42 Å². The summed E-state index contributed by atoms with van der Waals surface area (Å²) in [6.45, 7) is 0.237. The predicted octanol–water partition coefficient (Wildman–Crippen LogP) is 2.61. The van der Waals surface area contributed by atoms with Crippen molar-refractivity contribution in [3.8, 4) is 11.4 Å². The SMILES string of the molecule is O=C(CCn1c(=O)oc2ccccc21)Nc1cccc(-c2nnnn2C2CC2)c1. The molecule has 1 aliphatic rings. The molecule has 0 radical (unpaired) electrons. The van der Waals surface area contributed by atoms with Gasteiger partial charge in [-0.2, -0.15) is 0 Å². The van der Waals surface area contributed by atoms with Gasteiger partial charge in [-0.3, -0.25) is 9.36 Å². The van der Waals surface area contributed by atoms with Crippen molar-refractivity contribution in [3.05, 3.63) is 59.1 Å². The minimum atomic E-state index is -0.465. The Bertz CT molecular complexity index is 1250. The molecule has 1 fully saturated rings. The first kappa shape index (κ1) is 17.4. The summed E-state index contributed by atoms with van der Waals surface area (Å²) in [4.78, 5) is 24.5. The number of tetrazole rings is 1. The van der Waals surface area contributed by atoms with Gasteiger partial charge in [-0.05, 0) is 47.5 Å². The Hall–Kier alpha value is -3.75. The number of nitrogens with zero attached hydrogens (tertiary/aromatic N) is 5. The third kappa shape index (κ3) is 3.42. The fourth-order valence-electron chi connectivity index (χ4n) is 3.35. The molecule has 9 heteroatoms. The highest BCUT2D eigenvalue weighted by atomic mass is 16.4. The molecule has 146 valence electrons. The van der Waals surface area contributed by atoms with Crippen molar-refractivity contribution in [2.45, 2.75) is 31.8 Å². The lowest BCUT2D eigenvalue weighted by atomic mass is 10.2. The Morgan fingerprint density at radius 3 is 2.90 bits per heavy atom. The molecule has 5 rings (SSSR count). The molecule has 2 aromatic heterocycles. The van der Waals surface area contributed by atoms with Crippen molar-refractivity contribution in [2.75, 3.05) is 5.32 Å². The Morgan fingerprint density at radius 1 is 1.17 bits per heavy atom. The fraction of sp³-hybridized carbons (Fsp3) is 0.250. The molecule has 1 amide bonds. The molecule has 2 heterocycles. The molecule has 9 nitrogen and oxygen atoms in total. The molecule has 29 heavy (non-hydrogen) atoms. The van der Waals surface area contributed by atoms with Crippen LogP contribution in [0.2, 0.25) is 0 Å². The summed E-state index contributed by atoms with van der Waals surface area (Å²) >= 11 is 0. The first-order valence-electron chi connectivity index (χ1n) is 9.45. The van der Waals surface area contributed by atoms with E-state index in [1.807, 2.05) is 35.0 Å². The highest BCUT2D eigenvalue weighted by molar-refractivity contribution is 5.91. The number of fused-ring (bicyclic) bond motifs is 1. The summed E-state index contributed by atoms with van der Waals surface area (Å²) in [6.07, 6.45) is 2.31. The second-order valence-corrected chi connectivity index (χ2v) is 7.04. The molecule has 4 aromatic rings. The zero-order valence-corrected chi connectivity index (χ0v) is 15.5. The van der Waals surface area contributed by atoms with Gasteiger partial charge in [0, 0.05) is 24.2 Å². The van der Waals surface area contributed by atoms with Crippen molar-refractivity contribution < 1.29 is 9.21 Å². The van der Waals surface area contributed by atoms with Crippen molar-refractivity contribution in [1.82, 2.24) is 24.8 Å². The number of amides is 1. The first-order valence-corrected chi connectivity index (χ1v) is 9.45. The number of oxazole rings is 1. The summed E-state index contributed by atoms with van der Waals surface area (Å²) in [5, 5.41) is 14.8. The summed E-state index contributed by atoms with van der Waals surface area (Å²) in [5.74, 6) is 0.0362. The summed E-state index contributed by atoms with van der Waals surface area (Å²) in [7, 11) is 0. The van der Waals surface area contributed by atoms with E-state index in [0.717, 1.165) is 18.4 Å². The molecule has 1 N–H and O–H groups in total. The van der Waals surface area contributed by atoms with Crippen LogP contribution in [0.25, 0.3) is 22.5 Å². The van der Waals surface area contributed by atoms with E-state index >= 15 is 0 Å². The molecule has 1 saturated carbocycles. The number of carbonyl (C=O) groups excluding carboxylic acids is 1. The topological polar surface area (TPSA) is 108 Å². The van der Waals surface area contributed by atoms with E-state index in [2.05, 4.69) is 20.8 Å². The van der Waals surface area contributed by atoms with E-state index in [0.29, 0.717) is 28.7 Å². The second kappa shape index (κ2) is 7.01. The quantitative estimate of drug-likeness (QED) is 0.542. The lowest BCUT2D eigenvalue weighted by Crippen LogP contribution is -2.19. The van der Waals surface area contributed by atoms with Gasteiger partial charge in [0.2, 0.25) is 5.91 Å². The molecule has 0 aliphatic heterocycles. The Labute approximate surface area is 164 Å². The maximum Gasteiger partial charge on any atom is 0.419 e. The van der Waals surface area contributed by atoms with Crippen molar-refractivity contribution in [1.29, 1.82) is 0 Å². The monoisotopic (exact) mass is 390 g/mol. The number of hydrogen-bond acceptors (Lipinski definition) is 6. The minimum absolute atomic E-state index is 0.146. The van der Waals surface area contributed by atoms with Crippen molar-refractivity contribution in [3.63, 3.8) is 0 Å². The zero-order valence-electron chi connectivity index (χ0n) is 15.5. The van der Waals surface area contributed by atoms with Crippen LogP contribution in [0.4, 0.5) is 5.69 Å². The third-order valence-corrected chi connectivity index (χ3v) is 4.93. The van der Waals surface area contributed by atoms with E-state index in [-0.39, 0.29) is 18.9 Å². The number of carbonyl (C=O) groups is 1. The zero-order chi connectivity index (χ0) is 19.8. The highest BCUT2D eigenvalue weighted by Gasteiger charge is 2.28. The van der Waals surface area contributed by atoms with Crippen LogP contribution in [0, 0.1) is 0 Å². The average molecular weight is 390 g/mol. The smallest absolute Gasteiger partial charge is 0.408 e. The molecule has 0 saturated heterocycles. The van der Waals surface area contributed by atoms with E-state index in [1.165, 1.54) is 4.57 Å². The van der Waals surface area contributed by atoms with Gasteiger partial charge in [0.05, 0.1) is 11.6 Å². The van der Waals surface area contributed by atoms with Gasteiger partial charge in [0.15, 0.2) is 11.4 Å². The van der Waals surface area contributed by atoms with E-state index < -0.39 is 5.76 Å². The van der Waals surface area contributed by atoms with Crippen LogP contribution < -0.4 is 11.1 Å². The predicted molar refractivity (Wildman–Crippen MR) is 105 cm³/mol. The molecule has 0 atom stereocenters.